The predicted molar refractivity (Wildman–Crippen MR) is 95.4 cm³/mol. The molecule has 0 radical (unpaired) electrons. The van der Waals surface area contributed by atoms with Crippen LogP contribution in [0.4, 0.5) is 11.5 Å². The van der Waals surface area contributed by atoms with Crippen molar-refractivity contribution >= 4 is 34.4 Å². The number of nitrogens with one attached hydrogen (secondary N) is 1. The summed E-state index contributed by atoms with van der Waals surface area (Å²) in [6.07, 6.45) is 1.56. The van der Waals surface area contributed by atoms with Crippen LogP contribution in [0.3, 0.4) is 0 Å². The lowest BCUT2D eigenvalue weighted by Gasteiger charge is -2.11. The van der Waals surface area contributed by atoms with Gasteiger partial charge < -0.3 is 10.1 Å². The average molecular weight is 326 g/mol. The van der Waals surface area contributed by atoms with Crippen molar-refractivity contribution < 1.29 is 4.74 Å². The van der Waals surface area contributed by atoms with E-state index < -0.39 is 0 Å². The highest BCUT2D eigenvalue weighted by Gasteiger charge is 2.06. The molecule has 0 bridgehead atoms. The number of anilines is 2. The number of fused-ring (bicyclic) bond motifs is 1. The number of hydrogen-bond donors (Lipinski definition) is 1. The lowest BCUT2D eigenvalue weighted by Crippen LogP contribution is -1.99. The number of ether oxygens (including phenoxy) is 1. The van der Waals surface area contributed by atoms with Gasteiger partial charge in [-0.15, -0.1) is 0 Å². The Kier molecular flexibility index (Phi) is 4.64. The van der Waals surface area contributed by atoms with E-state index in [0.29, 0.717) is 0 Å². The monoisotopic (exact) mass is 326 g/mol. The highest BCUT2D eigenvalue weighted by atomic mass is 32.2. The Morgan fingerprint density at radius 1 is 1.04 bits per heavy atom. The van der Waals surface area contributed by atoms with E-state index in [0.717, 1.165) is 28.2 Å². The Morgan fingerprint density at radius 2 is 1.83 bits per heavy atom. The van der Waals surface area contributed by atoms with Gasteiger partial charge in [0.2, 0.25) is 0 Å². The van der Waals surface area contributed by atoms with Gasteiger partial charge in [-0.2, -0.15) is 0 Å². The van der Waals surface area contributed by atoms with E-state index in [1.165, 1.54) is 4.90 Å². The van der Waals surface area contributed by atoms with Crippen molar-refractivity contribution in [2.75, 3.05) is 26.5 Å². The second kappa shape index (κ2) is 6.85. The Hall–Kier alpha value is -2.31. The minimum Gasteiger partial charge on any atom is -0.497 e. The molecule has 6 heteroatoms. The van der Waals surface area contributed by atoms with Gasteiger partial charge in [-0.25, -0.2) is 9.97 Å². The van der Waals surface area contributed by atoms with Crippen LogP contribution in [0.2, 0.25) is 0 Å². The lowest BCUT2D eigenvalue weighted by atomic mass is 10.2. The van der Waals surface area contributed by atoms with Crippen LogP contribution < -0.4 is 10.1 Å². The molecule has 1 aromatic heterocycles. The minimum atomic E-state index is 0.783. The van der Waals surface area contributed by atoms with Gasteiger partial charge >= 0.3 is 0 Å². The van der Waals surface area contributed by atoms with Gasteiger partial charge in [0.15, 0.2) is 0 Å². The van der Waals surface area contributed by atoms with Crippen molar-refractivity contribution in [1.82, 2.24) is 14.3 Å². The second-order valence-electron chi connectivity index (χ2n) is 5.16. The third-order valence-corrected chi connectivity index (χ3v) is 4.10. The van der Waals surface area contributed by atoms with Crippen LogP contribution in [0.5, 0.6) is 5.75 Å². The topological polar surface area (TPSA) is 50.3 Å². The maximum absolute atomic E-state index is 5.24. The first-order valence-corrected chi connectivity index (χ1v) is 7.94. The van der Waals surface area contributed by atoms with Crippen LogP contribution in [0.1, 0.15) is 0 Å². The van der Waals surface area contributed by atoms with Crippen LogP contribution in [0, 0.1) is 0 Å². The molecule has 1 heterocycles. The fraction of sp³-hybridized carbons (Fsp3) is 0.176. The standard InChI is InChI=1S/C17H18N4OS/c1-21(2)23-14-7-4-12(5-8-14)20-17-15-9-6-13(22-3)10-16(15)18-11-19-17/h4-11H,1-3H3,(H,18,19,20). The summed E-state index contributed by atoms with van der Waals surface area (Å²) in [5.74, 6) is 1.57. The van der Waals surface area contributed by atoms with Gasteiger partial charge in [-0.1, -0.05) is 0 Å². The van der Waals surface area contributed by atoms with Crippen molar-refractivity contribution in [2.45, 2.75) is 4.90 Å². The summed E-state index contributed by atoms with van der Waals surface area (Å²) in [5, 5.41) is 4.31. The highest BCUT2D eigenvalue weighted by Crippen LogP contribution is 2.27. The number of rotatable bonds is 5. The molecule has 0 aliphatic heterocycles. The summed E-state index contributed by atoms with van der Waals surface area (Å²) in [4.78, 5) is 9.84. The largest absolute Gasteiger partial charge is 0.497 e. The molecule has 0 spiro atoms. The van der Waals surface area contributed by atoms with E-state index in [2.05, 4.69) is 31.7 Å². The second-order valence-corrected chi connectivity index (χ2v) is 6.54. The first-order chi connectivity index (χ1) is 11.2. The summed E-state index contributed by atoms with van der Waals surface area (Å²) in [6, 6.07) is 14.0. The van der Waals surface area contributed by atoms with Crippen LogP contribution in [-0.2, 0) is 0 Å². The van der Waals surface area contributed by atoms with Crippen molar-refractivity contribution in [3.05, 3.63) is 48.8 Å². The zero-order valence-electron chi connectivity index (χ0n) is 13.3. The van der Waals surface area contributed by atoms with E-state index in [-0.39, 0.29) is 0 Å². The maximum atomic E-state index is 5.24. The SMILES string of the molecule is COc1ccc2c(Nc3ccc(SN(C)C)cc3)ncnc2c1. The smallest absolute Gasteiger partial charge is 0.141 e. The summed E-state index contributed by atoms with van der Waals surface area (Å²) in [6.45, 7) is 0. The summed E-state index contributed by atoms with van der Waals surface area (Å²) in [5.41, 5.74) is 1.84. The van der Waals surface area contributed by atoms with Crippen molar-refractivity contribution in [2.24, 2.45) is 0 Å². The third-order valence-electron chi connectivity index (χ3n) is 3.25. The number of hydrogen-bond acceptors (Lipinski definition) is 6. The third kappa shape index (κ3) is 3.72. The molecule has 0 saturated heterocycles. The van der Waals surface area contributed by atoms with E-state index >= 15 is 0 Å². The quantitative estimate of drug-likeness (QED) is 0.717. The highest BCUT2D eigenvalue weighted by molar-refractivity contribution is 7.97. The number of methoxy groups -OCH3 is 1. The lowest BCUT2D eigenvalue weighted by molar-refractivity contribution is 0.415. The predicted octanol–water partition coefficient (Wildman–Crippen LogP) is 3.95. The van der Waals surface area contributed by atoms with Gasteiger partial charge in [0.1, 0.15) is 17.9 Å². The molecule has 3 rings (SSSR count). The molecule has 5 nitrogen and oxygen atoms in total. The molecule has 3 aromatic rings. The summed E-state index contributed by atoms with van der Waals surface area (Å²) < 4.78 is 7.30. The molecule has 0 fully saturated rings. The molecule has 0 unspecified atom stereocenters. The van der Waals surface area contributed by atoms with Gasteiger partial charge in [0, 0.05) is 22.0 Å². The summed E-state index contributed by atoms with van der Waals surface area (Å²) >= 11 is 1.69. The first-order valence-electron chi connectivity index (χ1n) is 7.17. The van der Waals surface area contributed by atoms with Crippen molar-refractivity contribution in [3.63, 3.8) is 0 Å². The minimum absolute atomic E-state index is 0.783. The fourth-order valence-corrected chi connectivity index (χ4v) is 2.89. The van der Waals surface area contributed by atoms with Gasteiger partial charge in [-0.3, -0.25) is 4.31 Å². The normalized spacial score (nSPS) is 11.0. The first kappa shape index (κ1) is 15.6. The maximum Gasteiger partial charge on any atom is 0.141 e. The molecule has 118 valence electrons. The molecule has 0 aliphatic carbocycles. The molecule has 0 atom stereocenters. The number of nitrogens with zero attached hydrogens (tertiary/aromatic N) is 3. The van der Waals surface area contributed by atoms with Crippen molar-refractivity contribution in [1.29, 1.82) is 0 Å². The fourth-order valence-electron chi connectivity index (χ4n) is 2.21. The molecular weight excluding hydrogens is 308 g/mol. The number of benzene rings is 2. The van der Waals surface area contributed by atoms with Gasteiger partial charge in [-0.05, 0) is 62.4 Å². The van der Waals surface area contributed by atoms with Crippen molar-refractivity contribution in [3.8, 4) is 5.75 Å². The average Bonchev–Trinajstić information content (AvgIpc) is 2.56. The number of aromatic nitrogens is 2. The molecule has 23 heavy (non-hydrogen) atoms. The Balaban J connectivity index is 1.86. The Bertz CT molecular complexity index is 805. The molecular formula is C17H18N4OS. The van der Waals surface area contributed by atoms with Crippen LogP contribution in [-0.4, -0.2) is 35.5 Å². The van der Waals surface area contributed by atoms with E-state index in [1.54, 1.807) is 25.4 Å². The molecule has 2 aromatic carbocycles. The Morgan fingerprint density at radius 3 is 2.52 bits per heavy atom. The van der Waals surface area contributed by atoms with E-state index in [9.17, 15) is 0 Å². The van der Waals surface area contributed by atoms with Crippen LogP contribution >= 0.6 is 11.9 Å². The zero-order chi connectivity index (χ0) is 16.2. The van der Waals surface area contributed by atoms with E-state index in [1.807, 2.05) is 44.4 Å². The Labute approximate surface area is 139 Å². The van der Waals surface area contributed by atoms with E-state index in [4.69, 9.17) is 4.74 Å². The van der Waals surface area contributed by atoms with Crippen LogP contribution in [0.15, 0.2) is 53.7 Å². The molecule has 0 amide bonds. The van der Waals surface area contributed by atoms with Gasteiger partial charge in [0.25, 0.3) is 0 Å². The van der Waals surface area contributed by atoms with Crippen LogP contribution in [0.25, 0.3) is 10.9 Å². The molecule has 0 saturated carbocycles. The molecule has 1 N–H and O–H groups in total. The summed E-state index contributed by atoms with van der Waals surface area (Å²) in [7, 11) is 5.70. The van der Waals surface area contributed by atoms with Gasteiger partial charge in [0.05, 0.1) is 12.6 Å². The molecule has 0 aliphatic rings. The zero-order valence-corrected chi connectivity index (χ0v) is 14.1.